The molecule has 0 radical (unpaired) electrons. The molecule has 0 aliphatic heterocycles. The van der Waals surface area contributed by atoms with E-state index in [0.717, 1.165) is 0 Å². The van der Waals surface area contributed by atoms with Crippen molar-refractivity contribution in [3.63, 3.8) is 0 Å². The molecule has 1 aromatic rings. The summed E-state index contributed by atoms with van der Waals surface area (Å²) in [7, 11) is 1.65. The van der Waals surface area contributed by atoms with Gasteiger partial charge in [-0.05, 0) is 29.1 Å². The lowest BCUT2D eigenvalue weighted by Gasteiger charge is -2.14. The van der Waals surface area contributed by atoms with Crippen LogP contribution in [0.5, 0.6) is 0 Å². The summed E-state index contributed by atoms with van der Waals surface area (Å²) in [6, 6.07) is 0. The first-order chi connectivity index (χ1) is 5.65. The number of hydrogen-bond donors (Lipinski definition) is 0. The van der Waals surface area contributed by atoms with Gasteiger partial charge in [0.1, 0.15) is 6.10 Å². The lowest BCUT2D eigenvalue weighted by Crippen LogP contribution is -2.10. The largest absolute Gasteiger partial charge is 0.373 e. The lowest BCUT2D eigenvalue weighted by molar-refractivity contribution is 0.0584. The average Bonchev–Trinajstić information content (AvgIpc) is 2.37. The molecule has 1 rings (SSSR count). The van der Waals surface area contributed by atoms with Crippen molar-refractivity contribution in [3.05, 3.63) is 10.3 Å². The van der Waals surface area contributed by atoms with Gasteiger partial charge >= 0.3 is 0 Å². The Kier molecular flexibility index (Phi) is 3.43. The minimum Gasteiger partial charge on any atom is -0.373 e. The van der Waals surface area contributed by atoms with E-state index in [-0.39, 0.29) is 6.10 Å². The Morgan fingerprint density at radius 3 is 2.50 bits per heavy atom. The van der Waals surface area contributed by atoms with Crippen molar-refractivity contribution < 1.29 is 4.74 Å². The zero-order valence-electron chi connectivity index (χ0n) is 7.24. The number of nitrogens with zero attached hydrogens (tertiary/aromatic N) is 2. The van der Waals surface area contributed by atoms with Crippen molar-refractivity contribution in [2.24, 2.45) is 5.92 Å². The highest BCUT2D eigenvalue weighted by Gasteiger charge is 2.19. The predicted molar refractivity (Wildman–Crippen MR) is 49.5 cm³/mol. The molecule has 5 heteroatoms. The molecule has 0 saturated heterocycles. The van der Waals surface area contributed by atoms with Gasteiger partial charge in [0.05, 0.1) is 0 Å². The predicted octanol–water partition coefficient (Wildman–Crippen LogP) is 2.54. The number of hydrogen-bond acceptors (Lipinski definition) is 4. The number of ether oxygens (including phenoxy) is 1. The molecule has 0 saturated carbocycles. The SMILES string of the molecule is COC(c1nsc(Cl)n1)C(C)C. The normalized spacial score (nSPS) is 13.8. The van der Waals surface area contributed by atoms with Crippen molar-refractivity contribution >= 4 is 23.1 Å². The van der Waals surface area contributed by atoms with Gasteiger partial charge < -0.3 is 4.74 Å². The summed E-state index contributed by atoms with van der Waals surface area (Å²) in [5.74, 6) is 1.04. The van der Waals surface area contributed by atoms with E-state index < -0.39 is 0 Å². The lowest BCUT2D eigenvalue weighted by atomic mass is 10.1. The van der Waals surface area contributed by atoms with Gasteiger partial charge in [-0.2, -0.15) is 4.37 Å². The molecular weight excluding hydrogens is 196 g/mol. The Labute approximate surface area is 80.9 Å². The molecule has 0 bridgehead atoms. The van der Waals surface area contributed by atoms with Crippen LogP contribution in [0.4, 0.5) is 0 Å². The molecule has 0 aromatic carbocycles. The second-order valence-corrected chi connectivity index (χ2v) is 4.14. The molecule has 0 aliphatic carbocycles. The fraction of sp³-hybridized carbons (Fsp3) is 0.714. The van der Waals surface area contributed by atoms with E-state index in [9.17, 15) is 0 Å². The van der Waals surface area contributed by atoms with E-state index in [1.807, 2.05) is 0 Å². The smallest absolute Gasteiger partial charge is 0.203 e. The van der Waals surface area contributed by atoms with Gasteiger partial charge in [0.15, 0.2) is 5.82 Å². The Balaban J connectivity index is 2.80. The van der Waals surface area contributed by atoms with Crippen LogP contribution >= 0.6 is 23.1 Å². The molecule has 1 atom stereocenters. The molecule has 68 valence electrons. The maximum atomic E-state index is 5.66. The first-order valence-corrected chi connectivity index (χ1v) is 4.82. The van der Waals surface area contributed by atoms with Crippen LogP contribution in [0.1, 0.15) is 25.8 Å². The van der Waals surface area contributed by atoms with E-state index in [4.69, 9.17) is 16.3 Å². The molecule has 0 amide bonds. The minimum atomic E-state index is -0.0475. The van der Waals surface area contributed by atoms with Crippen LogP contribution in [-0.2, 0) is 4.74 Å². The third-order valence-electron chi connectivity index (χ3n) is 1.53. The summed E-state index contributed by atoms with van der Waals surface area (Å²) in [6.45, 7) is 4.12. The van der Waals surface area contributed by atoms with Gasteiger partial charge in [0.2, 0.25) is 4.47 Å². The summed E-state index contributed by atoms with van der Waals surface area (Å²) in [5, 5.41) is 0. The molecule has 1 unspecified atom stereocenters. The topological polar surface area (TPSA) is 35.0 Å². The maximum Gasteiger partial charge on any atom is 0.203 e. The van der Waals surface area contributed by atoms with E-state index in [1.54, 1.807) is 7.11 Å². The second-order valence-electron chi connectivity index (χ2n) is 2.81. The van der Waals surface area contributed by atoms with Crippen molar-refractivity contribution in [1.82, 2.24) is 9.36 Å². The molecule has 0 aliphatic rings. The number of aromatic nitrogens is 2. The zero-order chi connectivity index (χ0) is 9.14. The third kappa shape index (κ3) is 2.15. The standard InChI is InChI=1S/C7H11ClN2OS/c1-4(2)5(11-3)6-9-7(8)12-10-6/h4-5H,1-3H3. The molecule has 1 aromatic heterocycles. The molecule has 0 fully saturated rings. The Bertz CT molecular complexity index is 251. The fourth-order valence-corrected chi connectivity index (χ4v) is 1.64. The summed E-state index contributed by atoms with van der Waals surface area (Å²) < 4.78 is 9.78. The Morgan fingerprint density at radius 1 is 1.50 bits per heavy atom. The number of rotatable bonds is 3. The number of methoxy groups -OCH3 is 1. The Hall–Kier alpha value is -0.190. The summed E-state index contributed by atoms with van der Waals surface area (Å²) in [4.78, 5) is 4.05. The van der Waals surface area contributed by atoms with Gasteiger partial charge in [0, 0.05) is 7.11 Å². The van der Waals surface area contributed by atoms with Crippen LogP contribution in [0.3, 0.4) is 0 Å². The molecular formula is C7H11ClN2OS. The average molecular weight is 207 g/mol. The highest BCUT2D eigenvalue weighted by molar-refractivity contribution is 7.10. The monoisotopic (exact) mass is 206 g/mol. The molecule has 3 nitrogen and oxygen atoms in total. The highest BCUT2D eigenvalue weighted by Crippen LogP contribution is 2.24. The van der Waals surface area contributed by atoms with Crippen LogP contribution in [0.2, 0.25) is 4.47 Å². The van der Waals surface area contributed by atoms with Crippen LogP contribution in [-0.4, -0.2) is 16.5 Å². The minimum absolute atomic E-state index is 0.0475. The van der Waals surface area contributed by atoms with E-state index in [1.165, 1.54) is 11.5 Å². The fourth-order valence-electron chi connectivity index (χ4n) is 1.01. The molecule has 12 heavy (non-hydrogen) atoms. The van der Waals surface area contributed by atoms with Crippen LogP contribution in [0.25, 0.3) is 0 Å². The highest BCUT2D eigenvalue weighted by atomic mass is 35.5. The third-order valence-corrected chi connectivity index (χ3v) is 2.34. The summed E-state index contributed by atoms with van der Waals surface area (Å²) >= 11 is 6.85. The zero-order valence-corrected chi connectivity index (χ0v) is 8.82. The van der Waals surface area contributed by atoms with Crippen molar-refractivity contribution in [1.29, 1.82) is 0 Å². The van der Waals surface area contributed by atoms with Gasteiger partial charge in [-0.25, -0.2) is 4.98 Å². The Morgan fingerprint density at radius 2 is 2.17 bits per heavy atom. The first kappa shape index (κ1) is 9.89. The summed E-state index contributed by atoms with van der Waals surface area (Å²) in [6.07, 6.45) is -0.0475. The van der Waals surface area contributed by atoms with Crippen LogP contribution in [0, 0.1) is 5.92 Å². The van der Waals surface area contributed by atoms with Crippen LogP contribution in [0.15, 0.2) is 0 Å². The van der Waals surface area contributed by atoms with Crippen molar-refractivity contribution in [2.75, 3.05) is 7.11 Å². The van der Waals surface area contributed by atoms with E-state index in [2.05, 4.69) is 23.2 Å². The van der Waals surface area contributed by atoms with Gasteiger partial charge in [-0.15, -0.1) is 0 Å². The number of halogens is 1. The molecule has 0 N–H and O–H groups in total. The van der Waals surface area contributed by atoms with Crippen LogP contribution < -0.4 is 0 Å². The first-order valence-electron chi connectivity index (χ1n) is 3.67. The van der Waals surface area contributed by atoms with E-state index >= 15 is 0 Å². The van der Waals surface area contributed by atoms with Crippen molar-refractivity contribution in [3.8, 4) is 0 Å². The molecule has 0 spiro atoms. The quantitative estimate of drug-likeness (QED) is 0.763. The summed E-state index contributed by atoms with van der Waals surface area (Å²) in [5.41, 5.74) is 0. The van der Waals surface area contributed by atoms with Crippen molar-refractivity contribution in [2.45, 2.75) is 20.0 Å². The second kappa shape index (κ2) is 4.16. The van der Waals surface area contributed by atoms with E-state index in [0.29, 0.717) is 16.2 Å². The maximum absolute atomic E-state index is 5.66. The van der Waals surface area contributed by atoms with Gasteiger partial charge in [0.25, 0.3) is 0 Å². The van der Waals surface area contributed by atoms with Gasteiger partial charge in [-0.3, -0.25) is 0 Å². The molecule has 1 heterocycles. The van der Waals surface area contributed by atoms with Gasteiger partial charge in [-0.1, -0.05) is 13.8 Å².